The molecule has 1 unspecified atom stereocenters. The molecule has 2 heterocycles. The van der Waals surface area contributed by atoms with Crippen LogP contribution in [0.25, 0.3) is 0 Å². The molecule has 2 aromatic rings. The molecule has 0 saturated carbocycles. The van der Waals surface area contributed by atoms with Crippen molar-refractivity contribution in [3.63, 3.8) is 0 Å². The van der Waals surface area contributed by atoms with Crippen LogP contribution in [0.4, 0.5) is 4.39 Å². The van der Waals surface area contributed by atoms with Gasteiger partial charge in [-0.1, -0.05) is 12.1 Å². The smallest absolute Gasteiger partial charge is 0.227 e. The van der Waals surface area contributed by atoms with Crippen LogP contribution in [0.1, 0.15) is 29.8 Å². The number of carbonyl (C=O) groups is 2. The standard InChI is InChI=1S/C19H23FN4O2/c1-12(17-11-23(3)22-13(17)2)21-19(26)15-9-24(10-15)18(25)8-14-4-6-16(20)7-5-14/h4-7,11-12,15H,8-10H2,1-3H3,(H,21,26). The largest absolute Gasteiger partial charge is 0.349 e. The average molecular weight is 358 g/mol. The molecule has 0 bridgehead atoms. The fourth-order valence-corrected chi connectivity index (χ4v) is 3.19. The Morgan fingerprint density at radius 2 is 1.96 bits per heavy atom. The molecule has 0 aliphatic carbocycles. The molecule has 26 heavy (non-hydrogen) atoms. The Kier molecular flexibility index (Phi) is 5.06. The Morgan fingerprint density at radius 1 is 1.31 bits per heavy atom. The van der Waals surface area contributed by atoms with Crippen molar-refractivity contribution in [2.45, 2.75) is 26.3 Å². The zero-order valence-electron chi connectivity index (χ0n) is 15.2. The van der Waals surface area contributed by atoms with Gasteiger partial charge in [0.25, 0.3) is 0 Å². The van der Waals surface area contributed by atoms with Crippen LogP contribution in [0.5, 0.6) is 0 Å². The number of aromatic nitrogens is 2. The van der Waals surface area contributed by atoms with Crippen LogP contribution in [0, 0.1) is 18.7 Å². The van der Waals surface area contributed by atoms with E-state index in [1.54, 1.807) is 21.7 Å². The first-order chi connectivity index (χ1) is 12.3. The highest BCUT2D eigenvalue weighted by molar-refractivity contribution is 5.85. The Balaban J connectivity index is 1.48. The van der Waals surface area contributed by atoms with E-state index in [2.05, 4.69) is 10.4 Å². The summed E-state index contributed by atoms with van der Waals surface area (Å²) in [6.45, 7) is 4.68. The number of rotatable bonds is 5. The third kappa shape index (κ3) is 3.92. The van der Waals surface area contributed by atoms with E-state index in [0.717, 1.165) is 16.8 Å². The van der Waals surface area contributed by atoms with E-state index in [4.69, 9.17) is 0 Å². The van der Waals surface area contributed by atoms with Gasteiger partial charge in [0.1, 0.15) is 5.82 Å². The molecule has 0 radical (unpaired) electrons. The van der Waals surface area contributed by atoms with Gasteiger partial charge < -0.3 is 10.2 Å². The van der Waals surface area contributed by atoms with Gasteiger partial charge in [0.15, 0.2) is 0 Å². The molecule has 1 aromatic carbocycles. The second-order valence-corrected chi connectivity index (χ2v) is 6.87. The summed E-state index contributed by atoms with van der Waals surface area (Å²) in [4.78, 5) is 26.3. The maximum Gasteiger partial charge on any atom is 0.227 e. The van der Waals surface area contributed by atoms with E-state index in [9.17, 15) is 14.0 Å². The molecule has 1 N–H and O–H groups in total. The van der Waals surface area contributed by atoms with Crippen LogP contribution in [0.15, 0.2) is 30.5 Å². The van der Waals surface area contributed by atoms with Crippen molar-refractivity contribution in [1.29, 1.82) is 0 Å². The van der Waals surface area contributed by atoms with E-state index < -0.39 is 0 Å². The monoisotopic (exact) mass is 358 g/mol. The lowest BCUT2D eigenvalue weighted by atomic mass is 9.97. The molecule has 1 saturated heterocycles. The summed E-state index contributed by atoms with van der Waals surface area (Å²) in [5.41, 5.74) is 2.65. The topological polar surface area (TPSA) is 67.2 Å². The highest BCUT2D eigenvalue weighted by atomic mass is 19.1. The normalized spacial score (nSPS) is 15.5. The van der Waals surface area contributed by atoms with E-state index >= 15 is 0 Å². The predicted octanol–water partition coefficient (Wildman–Crippen LogP) is 1.75. The molecule has 1 atom stereocenters. The Labute approximate surface area is 152 Å². The summed E-state index contributed by atoms with van der Waals surface area (Å²) in [5.74, 6) is -0.602. The molecule has 1 fully saturated rings. The van der Waals surface area contributed by atoms with Crippen molar-refractivity contribution in [2.75, 3.05) is 13.1 Å². The third-order valence-electron chi connectivity index (χ3n) is 4.75. The summed E-state index contributed by atoms with van der Waals surface area (Å²) in [5, 5.41) is 7.28. The highest BCUT2D eigenvalue weighted by Gasteiger charge is 2.36. The predicted molar refractivity (Wildman–Crippen MR) is 94.7 cm³/mol. The molecule has 0 spiro atoms. The van der Waals surface area contributed by atoms with Crippen LogP contribution in [0.3, 0.4) is 0 Å². The van der Waals surface area contributed by atoms with Gasteiger partial charge >= 0.3 is 0 Å². The number of hydrogen-bond acceptors (Lipinski definition) is 3. The molecule has 3 rings (SSSR count). The molecular weight excluding hydrogens is 335 g/mol. The Hall–Kier alpha value is -2.70. The van der Waals surface area contributed by atoms with Crippen molar-refractivity contribution in [1.82, 2.24) is 20.0 Å². The van der Waals surface area contributed by atoms with Crippen molar-refractivity contribution >= 4 is 11.8 Å². The van der Waals surface area contributed by atoms with Crippen LogP contribution in [-0.4, -0.2) is 39.6 Å². The highest BCUT2D eigenvalue weighted by Crippen LogP contribution is 2.21. The van der Waals surface area contributed by atoms with E-state index in [1.165, 1.54) is 12.1 Å². The van der Waals surface area contributed by atoms with Crippen molar-refractivity contribution in [3.8, 4) is 0 Å². The molecule has 1 aliphatic heterocycles. The van der Waals surface area contributed by atoms with Gasteiger partial charge in [-0.05, 0) is 31.5 Å². The number of benzene rings is 1. The quantitative estimate of drug-likeness (QED) is 0.885. The summed E-state index contributed by atoms with van der Waals surface area (Å²) in [6, 6.07) is 5.78. The van der Waals surface area contributed by atoms with Gasteiger partial charge in [0, 0.05) is 31.9 Å². The number of amides is 2. The van der Waals surface area contributed by atoms with Gasteiger partial charge in [-0.3, -0.25) is 14.3 Å². The Bertz CT molecular complexity index is 809. The number of halogens is 1. The summed E-state index contributed by atoms with van der Waals surface area (Å²) < 4.78 is 14.6. The van der Waals surface area contributed by atoms with E-state index in [0.29, 0.717) is 13.1 Å². The average Bonchev–Trinajstić information content (AvgIpc) is 2.86. The van der Waals surface area contributed by atoms with Crippen LogP contribution in [0.2, 0.25) is 0 Å². The summed E-state index contributed by atoms with van der Waals surface area (Å²) in [6.07, 6.45) is 2.12. The minimum absolute atomic E-state index is 0.0446. The minimum Gasteiger partial charge on any atom is -0.349 e. The zero-order chi connectivity index (χ0) is 18.8. The number of hydrogen-bond donors (Lipinski definition) is 1. The number of aryl methyl sites for hydroxylation is 2. The van der Waals surface area contributed by atoms with Gasteiger partial charge in [-0.2, -0.15) is 5.10 Å². The second kappa shape index (κ2) is 7.27. The number of likely N-dealkylation sites (tertiary alicyclic amines) is 1. The summed E-state index contributed by atoms with van der Waals surface area (Å²) in [7, 11) is 1.85. The number of nitrogens with one attached hydrogen (secondary N) is 1. The van der Waals surface area contributed by atoms with Crippen LogP contribution in [-0.2, 0) is 23.1 Å². The van der Waals surface area contributed by atoms with Gasteiger partial charge in [0.05, 0.1) is 24.1 Å². The van der Waals surface area contributed by atoms with Crippen molar-refractivity contribution in [2.24, 2.45) is 13.0 Å². The van der Waals surface area contributed by atoms with Gasteiger partial charge in [0.2, 0.25) is 11.8 Å². The molecule has 2 amide bonds. The maximum atomic E-state index is 12.9. The lowest BCUT2D eigenvalue weighted by Crippen LogP contribution is -2.56. The molecule has 1 aliphatic rings. The zero-order valence-corrected chi connectivity index (χ0v) is 15.2. The third-order valence-corrected chi connectivity index (χ3v) is 4.75. The van der Waals surface area contributed by atoms with Crippen molar-refractivity contribution in [3.05, 3.63) is 53.1 Å². The first-order valence-corrected chi connectivity index (χ1v) is 8.66. The van der Waals surface area contributed by atoms with E-state index in [-0.39, 0.29) is 36.0 Å². The SMILES string of the molecule is Cc1nn(C)cc1C(C)NC(=O)C1CN(C(=O)Cc2ccc(F)cc2)C1. The summed E-state index contributed by atoms with van der Waals surface area (Å²) >= 11 is 0. The maximum absolute atomic E-state index is 12.9. The van der Waals surface area contributed by atoms with Gasteiger partial charge in [-0.25, -0.2) is 4.39 Å². The molecule has 7 heteroatoms. The van der Waals surface area contributed by atoms with Crippen molar-refractivity contribution < 1.29 is 14.0 Å². The molecule has 138 valence electrons. The molecule has 6 nitrogen and oxygen atoms in total. The fraction of sp³-hybridized carbons (Fsp3) is 0.421. The fourth-order valence-electron chi connectivity index (χ4n) is 3.19. The first kappa shape index (κ1) is 18.1. The van der Waals surface area contributed by atoms with Crippen LogP contribution < -0.4 is 5.32 Å². The van der Waals surface area contributed by atoms with Crippen LogP contribution >= 0.6 is 0 Å². The number of nitrogens with zero attached hydrogens (tertiary/aromatic N) is 3. The van der Waals surface area contributed by atoms with Gasteiger partial charge in [-0.15, -0.1) is 0 Å². The number of carbonyl (C=O) groups excluding carboxylic acids is 2. The molecule has 1 aromatic heterocycles. The lowest BCUT2D eigenvalue weighted by molar-refractivity contribution is -0.142. The Morgan fingerprint density at radius 3 is 2.54 bits per heavy atom. The molecular formula is C19H23FN4O2. The first-order valence-electron chi connectivity index (χ1n) is 8.66. The minimum atomic E-state index is -0.320. The second-order valence-electron chi connectivity index (χ2n) is 6.87. The lowest BCUT2D eigenvalue weighted by Gasteiger charge is -2.38. The van der Waals surface area contributed by atoms with E-state index in [1.807, 2.05) is 27.1 Å².